The van der Waals surface area contributed by atoms with Crippen molar-refractivity contribution in [2.75, 3.05) is 26.3 Å². The van der Waals surface area contributed by atoms with Crippen molar-refractivity contribution in [3.8, 4) is 0 Å². The summed E-state index contributed by atoms with van der Waals surface area (Å²) in [6.07, 6.45) is 4.68. The normalized spacial score (nSPS) is 22.2. The minimum atomic E-state index is -0.128. The molecule has 2 N–H and O–H groups in total. The lowest BCUT2D eigenvalue weighted by molar-refractivity contribution is -0.138. The fourth-order valence-corrected chi connectivity index (χ4v) is 6.23. The lowest BCUT2D eigenvalue weighted by Gasteiger charge is -2.35. The van der Waals surface area contributed by atoms with E-state index in [1.54, 1.807) is 0 Å². The molecule has 2 fully saturated rings. The zero-order chi connectivity index (χ0) is 27.0. The maximum atomic E-state index is 11.8. The van der Waals surface area contributed by atoms with Gasteiger partial charge in [0.1, 0.15) is 0 Å². The van der Waals surface area contributed by atoms with Gasteiger partial charge in [-0.25, -0.2) is 0 Å². The van der Waals surface area contributed by atoms with Gasteiger partial charge in [0, 0.05) is 24.9 Å². The second-order valence-corrected chi connectivity index (χ2v) is 11.5. The van der Waals surface area contributed by atoms with Gasteiger partial charge in [0.05, 0.1) is 26.1 Å². The summed E-state index contributed by atoms with van der Waals surface area (Å²) in [5.74, 6) is 0.163. The lowest BCUT2D eigenvalue weighted by Crippen LogP contribution is -2.39. The van der Waals surface area contributed by atoms with E-state index in [0.717, 1.165) is 38.8 Å². The molecule has 0 bridgehead atoms. The zero-order valence-electron chi connectivity index (χ0n) is 22.5. The third-order valence-electron chi connectivity index (χ3n) is 8.70. The van der Waals surface area contributed by atoms with Gasteiger partial charge in [-0.15, -0.1) is 0 Å². The number of rotatable bonds is 12. The second kappa shape index (κ2) is 12.7. The summed E-state index contributed by atoms with van der Waals surface area (Å²) >= 11 is 5.55. The number of nitrogens with one attached hydrogen (secondary N) is 2. The van der Waals surface area contributed by atoms with E-state index in [2.05, 4.69) is 73.0 Å². The number of hydrogen-bond acceptors (Lipinski definition) is 5. The fourth-order valence-electron chi connectivity index (χ4n) is 6.03. The highest BCUT2D eigenvalue weighted by Gasteiger charge is 2.42. The van der Waals surface area contributed by atoms with Crippen LogP contribution < -0.4 is 10.6 Å². The summed E-state index contributed by atoms with van der Waals surface area (Å²) in [5.41, 5.74) is 2.24. The molecule has 4 unspecified atom stereocenters. The predicted molar refractivity (Wildman–Crippen MR) is 153 cm³/mol. The van der Waals surface area contributed by atoms with E-state index in [0.29, 0.717) is 31.2 Å². The van der Waals surface area contributed by atoms with E-state index >= 15 is 0 Å². The Labute approximate surface area is 231 Å². The summed E-state index contributed by atoms with van der Waals surface area (Å²) < 4.78 is 10.6. The van der Waals surface area contributed by atoms with Gasteiger partial charge in [0.2, 0.25) is 0 Å². The molecule has 4 rings (SSSR count). The molecule has 0 aliphatic carbocycles. The molecule has 0 amide bonds. The van der Waals surface area contributed by atoms with Crippen LogP contribution in [0.1, 0.15) is 63.5 Å². The fraction of sp³-hybridized carbons (Fsp3) is 0.516. The Morgan fingerprint density at radius 2 is 1.16 bits per heavy atom. The molecule has 2 aromatic rings. The Bertz CT molecular complexity index is 1010. The van der Waals surface area contributed by atoms with Crippen molar-refractivity contribution in [2.45, 2.75) is 63.2 Å². The molecule has 2 aromatic carbocycles. The van der Waals surface area contributed by atoms with Gasteiger partial charge >= 0.3 is 11.9 Å². The van der Waals surface area contributed by atoms with Crippen LogP contribution in [0.25, 0.3) is 0 Å². The van der Waals surface area contributed by atoms with Crippen LogP contribution in [0.15, 0.2) is 60.7 Å². The van der Waals surface area contributed by atoms with Gasteiger partial charge < -0.3 is 20.1 Å². The summed E-state index contributed by atoms with van der Waals surface area (Å²) in [6.45, 7) is 7.00. The average Bonchev–Trinajstić information content (AvgIpc) is 3.58. The van der Waals surface area contributed by atoms with E-state index in [9.17, 15) is 9.59 Å². The third kappa shape index (κ3) is 6.73. The van der Waals surface area contributed by atoms with Crippen LogP contribution in [0.5, 0.6) is 0 Å². The molecular formula is C31H40N2O4S. The van der Waals surface area contributed by atoms with Crippen LogP contribution in [-0.4, -0.2) is 43.4 Å². The summed E-state index contributed by atoms with van der Waals surface area (Å²) in [5, 5.41) is 7.37. The summed E-state index contributed by atoms with van der Waals surface area (Å²) in [6, 6.07) is 20.9. The molecule has 38 heavy (non-hydrogen) atoms. The molecule has 204 valence electrons. The Balaban J connectivity index is 1.23. The Morgan fingerprint density at radius 1 is 0.763 bits per heavy atom. The lowest BCUT2D eigenvalue weighted by atomic mass is 9.68. The van der Waals surface area contributed by atoms with Gasteiger partial charge in [0.25, 0.3) is 0 Å². The van der Waals surface area contributed by atoms with E-state index in [4.69, 9.17) is 21.7 Å². The maximum absolute atomic E-state index is 11.8. The quantitative estimate of drug-likeness (QED) is 0.223. The molecule has 0 radical (unpaired) electrons. The number of carbonyl (C=O) groups excluding carboxylic acids is 2. The summed E-state index contributed by atoms with van der Waals surface area (Å²) in [4.78, 5) is 23.7. The van der Waals surface area contributed by atoms with Crippen LogP contribution in [0, 0.1) is 11.8 Å². The van der Waals surface area contributed by atoms with Crippen LogP contribution in [0.3, 0.4) is 0 Å². The van der Waals surface area contributed by atoms with E-state index < -0.39 is 0 Å². The van der Waals surface area contributed by atoms with Gasteiger partial charge in [-0.05, 0) is 59.9 Å². The number of hydrogen-bond donors (Lipinski definition) is 2. The number of carbonyl (C=O) groups is 2. The molecule has 2 aliphatic heterocycles. The minimum Gasteiger partial charge on any atom is -0.465 e. The van der Waals surface area contributed by atoms with E-state index in [-0.39, 0.29) is 34.6 Å². The molecule has 2 aliphatic rings. The van der Waals surface area contributed by atoms with Gasteiger partial charge in [-0.1, -0.05) is 74.5 Å². The number of benzene rings is 2. The molecule has 6 nitrogen and oxygen atoms in total. The van der Waals surface area contributed by atoms with Gasteiger partial charge in [0.15, 0.2) is 5.11 Å². The topological polar surface area (TPSA) is 76.7 Å². The third-order valence-corrected chi connectivity index (χ3v) is 8.99. The first kappa shape index (κ1) is 28.1. The molecule has 4 atom stereocenters. The van der Waals surface area contributed by atoms with Gasteiger partial charge in [-0.3, -0.25) is 9.59 Å². The van der Waals surface area contributed by atoms with Crippen molar-refractivity contribution in [3.05, 3.63) is 71.8 Å². The molecular weight excluding hydrogens is 496 g/mol. The number of thiocarbonyl (C=S) groups is 1. The molecule has 0 saturated carbocycles. The van der Waals surface area contributed by atoms with Crippen molar-refractivity contribution in [1.29, 1.82) is 0 Å². The Kier molecular flexibility index (Phi) is 9.42. The second-order valence-electron chi connectivity index (χ2n) is 11.1. The largest absolute Gasteiger partial charge is 0.465 e. The van der Waals surface area contributed by atoms with Crippen LogP contribution in [-0.2, 0) is 29.9 Å². The Hall–Kier alpha value is -2.93. The van der Waals surface area contributed by atoms with E-state index in [1.807, 2.05) is 12.1 Å². The number of ether oxygens (including phenoxy) is 2. The van der Waals surface area contributed by atoms with Crippen LogP contribution >= 0.6 is 12.2 Å². The number of esters is 2. The molecule has 0 aromatic heterocycles. The maximum Gasteiger partial charge on any atom is 0.306 e. The summed E-state index contributed by atoms with van der Waals surface area (Å²) in [7, 11) is 0. The average molecular weight is 537 g/mol. The van der Waals surface area contributed by atoms with Crippen molar-refractivity contribution in [2.24, 2.45) is 11.8 Å². The smallest absolute Gasteiger partial charge is 0.306 e. The van der Waals surface area contributed by atoms with E-state index in [1.165, 1.54) is 11.1 Å². The van der Waals surface area contributed by atoms with Crippen LogP contribution in [0.2, 0.25) is 0 Å². The van der Waals surface area contributed by atoms with Crippen molar-refractivity contribution in [1.82, 2.24) is 10.6 Å². The highest BCUT2D eigenvalue weighted by Crippen LogP contribution is 2.42. The first-order valence-electron chi connectivity index (χ1n) is 13.8. The molecule has 7 heteroatoms. The van der Waals surface area contributed by atoms with Crippen molar-refractivity contribution >= 4 is 29.3 Å². The van der Waals surface area contributed by atoms with Crippen molar-refractivity contribution < 1.29 is 19.1 Å². The van der Waals surface area contributed by atoms with Crippen LogP contribution in [0.4, 0.5) is 0 Å². The van der Waals surface area contributed by atoms with Crippen molar-refractivity contribution in [3.63, 3.8) is 0 Å². The number of cyclic esters (lactones) is 2. The SMILES string of the molecule is CC(CCCNC(=S)NCCCC(C)(c1ccccc1)C1COC(=O)C1)(c1ccccc1)C1COC(=O)C1. The monoisotopic (exact) mass is 536 g/mol. The predicted octanol–water partition coefficient (Wildman–Crippen LogP) is 5.05. The first-order valence-corrected chi connectivity index (χ1v) is 14.2. The highest BCUT2D eigenvalue weighted by molar-refractivity contribution is 7.80. The molecule has 2 heterocycles. The standard InChI is InChI=1S/C31H40N2O4S/c1-30(23-11-5-3-6-12-23,25-19-27(34)36-21-25)15-9-17-32-29(38)33-18-10-16-31(2,24-13-7-4-8-14-24)26-20-28(35)37-22-26/h3-8,11-14,25-26H,9-10,15-22H2,1-2H3,(H2,32,33,38). The van der Waals surface area contributed by atoms with Gasteiger partial charge in [-0.2, -0.15) is 0 Å². The molecule has 0 spiro atoms. The zero-order valence-corrected chi connectivity index (χ0v) is 23.4. The first-order chi connectivity index (χ1) is 18.3. The Morgan fingerprint density at radius 3 is 1.50 bits per heavy atom. The highest BCUT2D eigenvalue weighted by atomic mass is 32.1. The minimum absolute atomic E-state index is 0.101. The molecule has 2 saturated heterocycles.